The van der Waals surface area contributed by atoms with Crippen molar-refractivity contribution in [3.63, 3.8) is 0 Å². The van der Waals surface area contributed by atoms with Crippen molar-refractivity contribution in [2.45, 2.75) is 58.8 Å². The fourth-order valence-electron chi connectivity index (χ4n) is 1.59. The lowest BCUT2D eigenvalue weighted by molar-refractivity contribution is -0.178. The number of esters is 1. The highest BCUT2D eigenvalue weighted by Crippen LogP contribution is 2.26. The maximum Gasteiger partial charge on any atom is 0.340 e. The van der Waals surface area contributed by atoms with E-state index in [4.69, 9.17) is 9.47 Å². The quantitative estimate of drug-likeness (QED) is 0.777. The van der Waals surface area contributed by atoms with E-state index in [1.807, 2.05) is 71.9 Å². The van der Waals surface area contributed by atoms with E-state index in [0.29, 0.717) is 0 Å². The number of hydrogen-bond donors (Lipinski definition) is 0. The van der Waals surface area contributed by atoms with Crippen LogP contribution in [0.2, 0.25) is 0 Å². The molecule has 0 unspecified atom stereocenters. The monoisotopic (exact) mass is 264 g/mol. The van der Waals surface area contributed by atoms with Gasteiger partial charge in [-0.05, 0) is 47.1 Å². The average Bonchev–Trinajstić information content (AvgIpc) is 2.23. The van der Waals surface area contributed by atoms with Crippen molar-refractivity contribution in [2.24, 2.45) is 0 Å². The summed E-state index contributed by atoms with van der Waals surface area (Å²) < 4.78 is 11.3. The molecule has 0 aliphatic rings. The highest BCUT2D eigenvalue weighted by molar-refractivity contribution is 5.77. The normalized spacial score (nSPS) is 14.0. The third kappa shape index (κ3) is 5.88. The SMILES string of the molecule is CC(C)(C)OC(=O)[C@@H](OC(C)(C)C)c1ccccc1. The van der Waals surface area contributed by atoms with Gasteiger partial charge in [0, 0.05) is 0 Å². The summed E-state index contributed by atoms with van der Waals surface area (Å²) in [7, 11) is 0. The van der Waals surface area contributed by atoms with Crippen molar-refractivity contribution in [1.29, 1.82) is 0 Å². The van der Waals surface area contributed by atoms with Crippen LogP contribution in [0, 0.1) is 0 Å². The van der Waals surface area contributed by atoms with Crippen LogP contribution in [0.4, 0.5) is 0 Å². The fraction of sp³-hybridized carbons (Fsp3) is 0.562. The number of ether oxygens (including phenoxy) is 2. The molecule has 19 heavy (non-hydrogen) atoms. The molecule has 0 fully saturated rings. The Balaban J connectivity index is 2.97. The van der Waals surface area contributed by atoms with E-state index in [1.165, 1.54) is 0 Å². The molecule has 0 saturated carbocycles. The van der Waals surface area contributed by atoms with Crippen LogP contribution in [-0.2, 0) is 14.3 Å². The second-order valence-electron chi connectivity index (χ2n) is 6.55. The van der Waals surface area contributed by atoms with Crippen LogP contribution in [0.25, 0.3) is 0 Å². The average molecular weight is 264 g/mol. The van der Waals surface area contributed by atoms with Gasteiger partial charge in [-0.3, -0.25) is 0 Å². The summed E-state index contributed by atoms with van der Waals surface area (Å²) in [6, 6.07) is 9.44. The molecule has 3 nitrogen and oxygen atoms in total. The Labute approximate surface area is 115 Å². The molecule has 0 saturated heterocycles. The maximum atomic E-state index is 12.3. The molecule has 0 heterocycles. The van der Waals surface area contributed by atoms with Gasteiger partial charge in [0.05, 0.1) is 5.60 Å². The van der Waals surface area contributed by atoms with Crippen molar-refractivity contribution < 1.29 is 14.3 Å². The van der Waals surface area contributed by atoms with Gasteiger partial charge >= 0.3 is 5.97 Å². The first-order valence-corrected chi connectivity index (χ1v) is 6.54. The van der Waals surface area contributed by atoms with E-state index >= 15 is 0 Å². The number of carbonyl (C=O) groups excluding carboxylic acids is 1. The Morgan fingerprint density at radius 1 is 0.947 bits per heavy atom. The van der Waals surface area contributed by atoms with Crippen LogP contribution in [0.15, 0.2) is 30.3 Å². The van der Waals surface area contributed by atoms with E-state index < -0.39 is 17.3 Å². The van der Waals surface area contributed by atoms with Crippen LogP contribution in [0.1, 0.15) is 53.2 Å². The van der Waals surface area contributed by atoms with Gasteiger partial charge in [-0.2, -0.15) is 0 Å². The van der Waals surface area contributed by atoms with Crippen molar-refractivity contribution in [3.05, 3.63) is 35.9 Å². The second kappa shape index (κ2) is 5.74. The smallest absolute Gasteiger partial charge is 0.340 e. The minimum Gasteiger partial charge on any atom is -0.458 e. The standard InChI is InChI=1S/C16H24O3/c1-15(2,3)18-13(12-10-8-7-9-11-12)14(17)19-16(4,5)6/h7-11,13H,1-6H3/t13-/m0/s1. The minimum absolute atomic E-state index is 0.353. The van der Waals surface area contributed by atoms with Gasteiger partial charge in [-0.25, -0.2) is 4.79 Å². The van der Waals surface area contributed by atoms with Gasteiger partial charge in [0.15, 0.2) is 6.10 Å². The number of benzene rings is 1. The molecule has 1 aromatic rings. The van der Waals surface area contributed by atoms with Gasteiger partial charge in [0.25, 0.3) is 0 Å². The molecule has 0 spiro atoms. The molecule has 106 valence electrons. The lowest BCUT2D eigenvalue weighted by atomic mass is 10.1. The summed E-state index contributed by atoms with van der Waals surface area (Å²) in [4.78, 5) is 12.3. The third-order valence-corrected chi connectivity index (χ3v) is 2.19. The zero-order valence-electron chi connectivity index (χ0n) is 12.7. The van der Waals surface area contributed by atoms with Crippen LogP contribution in [0.3, 0.4) is 0 Å². The maximum absolute atomic E-state index is 12.3. The molecule has 0 radical (unpaired) electrons. The predicted molar refractivity (Wildman–Crippen MR) is 75.9 cm³/mol. The van der Waals surface area contributed by atoms with E-state index in [2.05, 4.69) is 0 Å². The summed E-state index contributed by atoms with van der Waals surface area (Å²) in [5.74, 6) is -0.353. The van der Waals surface area contributed by atoms with Crippen molar-refractivity contribution in [3.8, 4) is 0 Å². The largest absolute Gasteiger partial charge is 0.458 e. The first kappa shape index (κ1) is 15.7. The molecule has 0 bridgehead atoms. The Bertz CT molecular complexity index is 410. The lowest BCUT2D eigenvalue weighted by Gasteiger charge is -2.29. The highest BCUT2D eigenvalue weighted by atomic mass is 16.6. The molecule has 3 heteroatoms. The molecule has 0 aromatic heterocycles. The molecule has 0 N–H and O–H groups in total. The van der Waals surface area contributed by atoms with Crippen molar-refractivity contribution in [2.75, 3.05) is 0 Å². The van der Waals surface area contributed by atoms with Gasteiger partial charge in [0.1, 0.15) is 5.60 Å². The van der Waals surface area contributed by atoms with E-state index in [9.17, 15) is 4.79 Å². The zero-order valence-corrected chi connectivity index (χ0v) is 12.7. The molecule has 0 aliphatic heterocycles. The molecule has 0 aliphatic carbocycles. The summed E-state index contributed by atoms with van der Waals surface area (Å²) >= 11 is 0. The molecule has 1 aromatic carbocycles. The third-order valence-electron chi connectivity index (χ3n) is 2.19. The van der Waals surface area contributed by atoms with Crippen molar-refractivity contribution in [1.82, 2.24) is 0 Å². The Morgan fingerprint density at radius 2 is 1.47 bits per heavy atom. The summed E-state index contributed by atoms with van der Waals surface area (Å²) in [6.07, 6.45) is -0.694. The highest BCUT2D eigenvalue weighted by Gasteiger charge is 2.30. The van der Waals surface area contributed by atoms with E-state index in [0.717, 1.165) is 5.56 Å². The minimum atomic E-state index is -0.694. The van der Waals surface area contributed by atoms with E-state index in [1.54, 1.807) is 0 Å². The second-order valence-corrected chi connectivity index (χ2v) is 6.55. The predicted octanol–water partition coefficient (Wildman–Crippen LogP) is 3.88. The van der Waals surface area contributed by atoms with Crippen LogP contribution in [0.5, 0.6) is 0 Å². The summed E-state index contributed by atoms with van der Waals surface area (Å²) in [5, 5.41) is 0. The van der Waals surface area contributed by atoms with Gasteiger partial charge in [-0.15, -0.1) is 0 Å². The topological polar surface area (TPSA) is 35.5 Å². The molecular weight excluding hydrogens is 240 g/mol. The summed E-state index contributed by atoms with van der Waals surface area (Å²) in [5.41, 5.74) is -0.130. The first-order chi connectivity index (χ1) is 8.58. The molecule has 1 atom stereocenters. The Kier molecular flexibility index (Phi) is 4.75. The molecule has 1 rings (SSSR count). The van der Waals surface area contributed by atoms with Crippen LogP contribution in [-0.4, -0.2) is 17.2 Å². The Morgan fingerprint density at radius 3 is 1.89 bits per heavy atom. The Hall–Kier alpha value is -1.35. The zero-order chi connectivity index (χ0) is 14.7. The fourth-order valence-corrected chi connectivity index (χ4v) is 1.59. The molecule has 0 amide bonds. The number of hydrogen-bond acceptors (Lipinski definition) is 3. The molecular formula is C16H24O3. The van der Waals surface area contributed by atoms with Crippen LogP contribution < -0.4 is 0 Å². The van der Waals surface area contributed by atoms with Crippen LogP contribution >= 0.6 is 0 Å². The van der Waals surface area contributed by atoms with Gasteiger partial charge in [0.2, 0.25) is 0 Å². The number of rotatable bonds is 3. The van der Waals surface area contributed by atoms with Gasteiger partial charge in [-0.1, -0.05) is 30.3 Å². The van der Waals surface area contributed by atoms with Gasteiger partial charge < -0.3 is 9.47 Å². The van der Waals surface area contributed by atoms with Crippen molar-refractivity contribution >= 4 is 5.97 Å². The lowest BCUT2D eigenvalue weighted by Crippen LogP contribution is -2.33. The first-order valence-electron chi connectivity index (χ1n) is 6.54. The van der Waals surface area contributed by atoms with E-state index in [-0.39, 0.29) is 5.97 Å². The summed E-state index contributed by atoms with van der Waals surface area (Å²) in [6.45, 7) is 11.3. The number of carbonyl (C=O) groups is 1.